The molecule has 37 heavy (non-hydrogen) atoms. The van der Waals surface area contributed by atoms with Crippen LogP contribution in [0.2, 0.25) is 0 Å². The molecule has 0 saturated heterocycles. The molecular formula is C27H30FN5O4. The second-order valence-electron chi connectivity index (χ2n) is 8.39. The smallest absolute Gasteiger partial charge is 0.338 e. The van der Waals surface area contributed by atoms with Crippen molar-refractivity contribution in [1.82, 2.24) is 16.1 Å². The SMILES string of the molecule is CNN1c2c(ccc(-c3ccc(F)c(OC)c3)c2COC(=O)c2ccccc2)NC(NC)(NC)C1C=O. The largest absolute Gasteiger partial charge is 0.494 e. The van der Waals surface area contributed by atoms with Gasteiger partial charge in [0.2, 0.25) is 0 Å². The van der Waals surface area contributed by atoms with Gasteiger partial charge in [-0.25, -0.2) is 14.6 Å². The molecule has 3 aromatic rings. The summed E-state index contributed by atoms with van der Waals surface area (Å²) in [6.07, 6.45) is 0.812. The molecule has 0 bridgehead atoms. The van der Waals surface area contributed by atoms with E-state index in [2.05, 4.69) is 21.4 Å². The average Bonchev–Trinajstić information content (AvgIpc) is 2.95. The van der Waals surface area contributed by atoms with Gasteiger partial charge in [0.05, 0.1) is 24.0 Å². The lowest BCUT2D eigenvalue weighted by Gasteiger charge is -2.49. The second kappa shape index (κ2) is 11.0. The van der Waals surface area contributed by atoms with Crippen LogP contribution in [0.4, 0.5) is 15.8 Å². The summed E-state index contributed by atoms with van der Waals surface area (Å²) in [7, 11) is 6.57. The Morgan fingerprint density at radius 3 is 2.46 bits per heavy atom. The van der Waals surface area contributed by atoms with Gasteiger partial charge in [0, 0.05) is 12.6 Å². The van der Waals surface area contributed by atoms with E-state index >= 15 is 0 Å². The van der Waals surface area contributed by atoms with Gasteiger partial charge in [0.15, 0.2) is 23.4 Å². The zero-order chi connectivity index (χ0) is 26.6. The minimum atomic E-state index is -0.990. The normalized spacial score (nSPS) is 15.9. The number of nitrogens with zero attached hydrogens (tertiary/aromatic N) is 1. The van der Waals surface area contributed by atoms with Crippen molar-refractivity contribution < 1.29 is 23.5 Å². The van der Waals surface area contributed by atoms with Crippen LogP contribution >= 0.6 is 0 Å². The third-order valence-electron chi connectivity index (χ3n) is 6.56. The molecule has 0 aliphatic carbocycles. The first kappa shape index (κ1) is 26.1. The van der Waals surface area contributed by atoms with Crippen LogP contribution in [-0.2, 0) is 16.1 Å². The highest BCUT2D eigenvalue weighted by atomic mass is 19.1. The van der Waals surface area contributed by atoms with Gasteiger partial charge < -0.3 is 19.6 Å². The van der Waals surface area contributed by atoms with Crippen molar-refractivity contribution >= 4 is 23.6 Å². The molecule has 0 aromatic heterocycles. The molecule has 1 unspecified atom stereocenters. The fourth-order valence-electron chi connectivity index (χ4n) is 4.63. The third-order valence-corrected chi connectivity index (χ3v) is 6.56. The van der Waals surface area contributed by atoms with E-state index in [-0.39, 0.29) is 12.4 Å². The average molecular weight is 508 g/mol. The molecule has 4 rings (SSSR count). The molecule has 10 heteroatoms. The van der Waals surface area contributed by atoms with Gasteiger partial charge >= 0.3 is 5.97 Å². The predicted octanol–water partition coefficient (Wildman–Crippen LogP) is 2.88. The van der Waals surface area contributed by atoms with Crippen molar-refractivity contribution in [3.05, 3.63) is 77.6 Å². The molecule has 3 aromatic carbocycles. The summed E-state index contributed by atoms with van der Waals surface area (Å²) in [6, 6.07) is 16.2. The van der Waals surface area contributed by atoms with Gasteiger partial charge in [-0.05, 0) is 55.6 Å². The van der Waals surface area contributed by atoms with E-state index in [9.17, 15) is 14.0 Å². The maximum atomic E-state index is 14.2. The number of fused-ring (bicyclic) bond motifs is 1. The molecule has 4 N–H and O–H groups in total. The van der Waals surface area contributed by atoms with Gasteiger partial charge in [-0.3, -0.25) is 15.6 Å². The highest BCUT2D eigenvalue weighted by Gasteiger charge is 2.46. The summed E-state index contributed by atoms with van der Waals surface area (Å²) in [5.74, 6) is -1.89. The van der Waals surface area contributed by atoms with Crippen molar-refractivity contribution in [3.63, 3.8) is 0 Å². The lowest BCUT2D eigenvalue weighted by Crippen LogP contribution is -2.75. The van der Waals surface area contributed by atoms with Crippen LogP contribution in [0.25, 0.3) is 11.1 Å². The number of esters is 1. The van der Waals surface area contributed by atoms with Crippen LogP contribution in [-0.4, -0.2) is 52.3 Å². The van der Waals surface area contributed by atoms with E-state index in [4.69, 9.17) is 9.47 Å². The molecule has 1 heterocycles. The number of hydrogen-bond donors (Lipinski definition) is 4. The minimum absolute atomic E-state index is 0.0844. The number of aldehydes is 1. The number of benzene rings is 3. The summed E-state index contributed by atoms with van der Waals surface area (Å²) in [5.41, 5.74) is 6.78. The Hall–Kier alpha value is -3.99. The van der Waals surface area contributed by atoms with Gasteiger partial charge in [-0.2, -0.15) is 0 Å². The highest BCUT2D eigenvalue weighted by Crippen LogP contribution is 2.43. The molecule has 1 atom stereocenters. The Morgan fingerprint density at radius 1 is 1.11 bits per heavy atom. The Kier molecular flexibility index (Phi) is 7.72. The molecule has 1 aliphatic heterocycles. The molecule has 0 fully saturated rings. The van der Waals surface area contributed by atoms with Crippen LogP contribution in [0.3, 0.4) is 0 Å². The van der Waals surface area contributed by atoms with E-state index in [0.717, 1.165) is 6.29 Å². The Bertz CT molecular complexity index is 1280. The first-order chi connectivity index (χ1) is 17.9. The van der Waals surface area contributed by atoms with Crippen molar-refractivity contribution in [1.29, 1.82) is 0 Å². The van der Waals surface area contributed by atoms with E-state index in [1.54, 1.807) is 62.6 Å². The quantitative estimate of drug-likeness (QED) is 0.198. The zero-order valence-electron chi connectivity index (χ0n) is 21.1. The maximum Gasteiger partial charge on any atom is 0.338 e. The van der Waals surface area contributed by atoms with Gasteiger partial charge in [-0.15, -0.1) is 0 Å². The fourth-order valence-corrected chi connectivity index (χ4v) is 4.63. The van der Waals surface area contributed by atoms with E-state index in [1.165, 1.54) is 13.2 Å². The maximum absolute atomic E-state index is 14.2. The fraction of sp³-hybridized carbons (Fsp3) is 0.259. The summed E-state index contributed by atoms with van der Waals surface area (Å²) >= 11 is 0. The number of hydrazine groups is 1. The molecule has 0 amide bonds. The third kappa shape index (κ3) is 4.74. The van der Waals surface area contributed by atoms with Crippen LogP contribution in [0.1, 0.15) is 15.9 Å². The Morgan fingerprint density at radius 2 is 1.84 bits per heavy atom. The highest BCUT2D eigenvalue weighted by molar-refractivity contribution is 5.91. The van der Waals surface area contributed by atoms with Crippen molar-refractivity contribution in [2.75, 3.05) is 38.6 Å². The predicted molar refractivity (Wildman–Crippen MR) is 140 cm³/mol. The topological polar surface area (TPSA) is 104 Å². The lowest BCUT2D eigenvalue weighted by molar-refractivity contribution is -0.110. The molecule has 1 aliphatic rings. The Labute approximate surface area is 214 Å². The molecule has 0 radical (unpaired) electrons. The van der Waals surface area contributed by atoms with Crippen molar-refractivity contribution in [2.45, 2.75) is 18.4 Å². The van der Waals surface area contributed by atoms with E-state index < -0.39 is 23.6 Å². The number of methoxy groups -OCH3 is 1. The van der Waals surface area contributed by atoms with E-state index in [1.807, 2.05) is 18.2 Å². The number of carbonyl (C=O) groups is 2. The molecular weight excluding hydrogens is 477 g/mol. The number of ether oxygens (including phenoxy) is 2. The number of likely N-dealkylation sites (N-methyl/N-ethyl adjacent to an activating group) is 2. The van der Waals surface area contributed by atoms with Gasteiger partial charge in [-0.1, -0.05) is 30.3 Å². The van der Waals surface area contributed by atoms with Crippen molar-refractivity contribution in [2.24, 2.45) is 0 Å². The number of nitrogens with one attached hydrogen (secondary N) is 4. The summed E-state index contributed by atoms with van der Waals surface area (Å²) < 4.78 is 25.1. The molecule has 0 spiro atoms. The number of hydrogen-bond acceptors (Lipinski definition) is 9. The summed E-state index contributed by atoms with van der Waals surface area (Å²) in [6.45, 7) is -0.108. The summed E-state index contributed by atoms with van der Waals surface area (Å²) in [4.78, 5) is 25.2. The van der Waals surface area contributed by atoms with Crippen LogP contribution in [0, 0.1) is 5.82 Å². The number of halogens is 1. The van der Waals surface area contributed by atoms with Crippen LogP contribution in [0.15, 0.2) is 60.7 Å². The lowest BCUT2D eigenvalue weighted by atomic mass is 9.93. The number of rotatable bonds is 9. The number of anilines is 2. The molecule has 0 saturated carbocycles. The molecule has 194 valence electrons. The zero-order valence-corrected chi connectivity index (χ0v) is 21.1. The minimum Gasteiger partial charge on any atom is -0.494 e. The van der Waals surface area contributed by atoms with Gasteiger partial charge in [0.1, 0.15) is 12.9 Å². The van der Waals surface area contributed by atoms with Crippen LogP contribution < -0.4 is 31.1 Å². The van der Waals surface area contributed by atoms with Crippen LogP contribution in [0.5, 0.6) is 5.75 Å². The van der Waals surface area contributed by atoms with E-state index in [0.29, 0.717) is 33.6 Å². The second-order valence-corrected chi connectivity index (χ2v) is 8.39. The molecule has 9 nitrogen and oxygen atoms in total. The standard InChI is InChI=1S/C27H30FN5O4/c1-29-27(30-2)24(15-34)33(31-3)25-20(16-37-26(35)17-8-6-5-7-9-17)19(11-13-22(25)32-27)18-10-12-21(28)23(14-18)36-4/h5-15,24,29-32H,16H2,1-4H3. The number of carbonyl (C=O) groups excluding carboxylic acids is 2. The summed E-state index contributed by atoms with van der Waals surface area (Å²) in [5, 5.41) is 11.4. The Balaban J connectivity index is 1.88. The first-order valence-corrected chi connectivity index (χ1v) is 11.7. The van der Waals surface area contributed by atoms with Crippen molar-refractivity contribution in [3.8, 4) is 16.9 Å². The van der Waals surface area contributed by atoms with Gasteiger partial charge in [0.25, 0.3) is 0 Å². The first-order valence-electron chi connectivity index (χ1n) is 11.7. The monoisotopic (exact) mass is 507 g/mol.